The van der Waals surface area contributed by atoms with Crippen molar-refractivity contribution in [1.82, 2.24) is 9.55 Å². The van der Waals surface area contributed by atoms with Gasteiger partial charge in [0, 0.05) is 29.8 Å². The third-order valence-electron chi connectivity index (χ3n) is 4.96. The Morgan fingerprint density at radius 1 is 1.10 bits per heavy atom. The molecule has 0 radical (unpaired) electrons. The Balaban J connectivity index is 1.74. The van der Waals surface area contributed by atoms with Crippen molar-refractivity contribution < 1.29 is 9.15 Å². The van der Waals surface area contributed by atoms with E-state index >= 15 is 0 Å². The van der Waals surface area contributed by atoms with Crippen LogP contribution in [-0.4, -0.2) is 16.7 Å². The van der Waals surface area contributed by atoms with Crippen LogP contribution in [0.25, 0.3) is 21.9 Å². The molecule has 7 heteroatoms. The zero-order valence-corrected chi connectivity index (χ0v) is 17.7. The number of para-hydroxylation sites is 1. The van der Waals surface area contributed by atoms with Crippen molar-refractivity contribution in [1.29, 1.82) is 0 Å². The highest BCUT2D eigenvalue weighted by Crippen LogP contribution is 2.28. The third-order valence-corrected chi connectivity index (χ3v) is 5.98. The quantitative estimate of drug-likeness (QED) is 0.246. The van der Waals surface area contributed by atoms with E-state index in [0.717, 1.165) is 23.8 Å². The van der Waals surface area contributed by atoms with E-state index in [1.807, 2.05) is 36.4 Å². The van der Waals surface area contributed by atoms with Crippen molar-refractivity contribution in [3.05, 3.63) is 74.9 Å². The normalized spacial score (nSPS) is 11.3. The number of nitrogens with zero attached hydrogens (tertiary/aromatic N) is 2. The number of thioether (sulfide) groups is 1. The molecule has 0 atom stereocenters. The van der Waals surface area contributed by atoms with Gasteiger partial charge in [0.05, 0.1) is 18.0 Å². The molecule has 0 spiro atoms. The van der Waals surface area contributed by atoms with Crippen LogP contribution in [0.15, 0.2) is 67.7 Å². The zero-order valence-electron chi connectivity index (χ0n) is 16.9. The molecule has 0 aliphatic rings. The van der Waals surface area contributed by atoms with E-state index in [0.29, 0.717) is 39.7 Å². The molecule has 0 amide bonds. The second-order valence-electron chi connectivity index (χ2n) is 6.96. The SMILES string of the molecule is CCCCn1c(SCc2cc(=O)oc3cc(OC)ccc23)nc2ccccc2c1=O. The lowest BCUT2D eigenvalue weighted by molar-refractivity contribution is 0.414. The minimum absolute atomic E-state index is 0.0290. The Hall–Kier alpha value is -3.06. The Morgan fingerprint density at radius 2 is 1.93 bits per heavy atom. The summed E-state index contributed by atoms with van der Waals surface area (Å²) in [6.45, 7) is 2.71. The van der Waals surface area contributed by atoms with Crippen LogP contribution in [0.4, 0.5) is 0 Å². The molecular weight excluding hydrogens is 400 g/mol. The van der Waals surface area contributed by atoms with E-state index in [-0.39, 0.29) is 5.56 Å². The van der Waals surface area contributed by atoms with E-state index in [2.05, 4.69) is 6.92 Å². The maximum Gasteiger partial charge on any atom is 0.336 e. The van der Waals surface area contributed by atoms with Crippen molar-refractivity contribution in [2.24, 2.45) is 0 Å². The predicted molar refractivity (Wildman–Crippen MR) is 120 cm³/mol. The van der Waals surface area contributed by atoms with Crippen molar-refractivity contribution >= 4 is 33.6 Å². The van der Waals surface area contributed by atoms with Gasteiger partial charge in [-0.1, -0.05) is 37.2 Å². The number of hydrogen-bond acceptors (Lipinski definition) is 6. The highest BCUT2D eigenvalue weighted by atomic mass is 32.2. The summed E-state index contributed by atoms with van der Waals surface area (Å²) < 4.78 is 12.3. The first-order valence-electron chi connectivity index (χ1n) is 9.84. The number of aromatic nitrogens is 2. The topological polar surface area (TPSA) is 74.3 Å². The van der Waals surface area contributed by atoms with Gasteiger partial charge in [-0.25, -0.2) is 9.78 Å². The number of unbranched alkanes of at least 4 members (excludes halogenated alkanes) is 1. The molecule has 0 aliphatic carbocycles. The van der Waals surface area contributed by atoms with Crippen LogP contribution in [0.1, 0.15) is 25.3 Å². The van der Waals surface area contributed by atoms with Gasteiger partial charge < -0.3 is 9.15 Å². The summed E-state index contributed by atoms with van der Waals surface area (Å²) in [5.74, 6) is 1.12. The lowest BCUT2D eigenvalue weighted by atomic mass is 10.1. The Labute approximate surface area is 177 Å². The van der Waals surface area contributed by atoms with Crippen LogP contribution in [0.5, 0.6) is 5.75 Å². The highest BCUT2D eigenvalue weighted by Gasteiger charge is 2.13. The summed E-state index contributed by atoms with van der Waals surface area (Å²) in [5, 5.41) is 2.11. The van der Waals surface area contributed by atoms with Crippen molar-refractivity contribution in [3.63, 3.8) is 0 Å². The molecule has 30 heavy (non-hydrogen) atoms. The zero-order chi connectivity index (χ0) is 21.1. The molecule has 2 aromatic heterocycles. The summed E-state index contributed by atoms with van der Waals surface area (Å²) >= 11 is 1.45. The average Bonchev–Trinajstić information content (AvgIpc) is 2.76. The molecule has 0 aliphatic heterocycles. The van der Waals surface area contributed by atoms with Gasteiger partial charge in [0.15, 0.2) is 5.16 Å². The number of fused-ring (bicyclic) bond motifs is 2. The van der Waals surface area contributed by atoms with Gasteiger partial charge in [0.25, 0.3) is 5.56 Å². The van der Waals surface area contributed by atoms with Crippen molar-refractivity contribution in [2.75, 3.05) is 7.11 Å². The fourth-order valence-electron chi connectivity index (χ4n) is 3.37. The van der Waals surface area contributed by atoms with Gasteiger partial charge in [0.1, 0.15) is 11.3 Å². The Morgan fingerprint density at radius 3 is 2.73 bits per heavy atom. The van der Waals surface area contributed by atoms with Gasteiger partial charge in [-0.05, 0) is 36.2 Å². The monoisotopic (exact) mass is 422 g/mol. The first kappa shape index (κ1) is 20.2. The minimum atomic E-state index is -0.416. The standard InChI is InChI=1S/C23H22N2O4S/c1-3-4-11-25-22(27)18-7-5-6-8-19(18)24-23(25)30-14-15-12-21(26)29-20-13-16(28-2)9-10-17(15)20/h5-10,12-13H,3-4,11,14H2,1-2H3. The van der Waals surface area contributed by atoms with Crippen LogP contribution in [-0.2, 0) is 12.3 Å². The van der Waals surface area contributed by atoms with E-state index in [9.17, 15) is 9.59 Å². The summed E-state index contributed by atoms with van der Waals surface area (Å²) in [6, 6.07) is 14.3. The fourth-order valence-corrected chi connectivity index (χ4v) is 4.39. The Kier molecular flexibility index (Phi) is 5.90. The lowest BCUT2D eigenvalue weighted by Gasteiger charge is -2.13. The average molecular weight is 423 g/mol. The molecule has 0 fully saturated rings. The molecule has 0 unspecified atom stereocenters. The summed E-state index contributed by atoms with van der Waals surface area (Å²) in [4.78, 5) is 29.8. The maximum atomic E-state index is 13.0. The van der Waals surface area contributed by atoms with Crippen LogP contribution < -0.4 is 15.9 Å². The number of hydrogen-bond donors (Lipinski definition) is 0. The van der Waals surface area contributed by atoms with E-state index in [1.165, 1.54) is 17.8 Å². The van der Waals surface area contributed by atoms with E-state index in [1.54, 1.807) is 17.7 Å². The minimum Gasteiger partial charge on any atom is -0.497 e. The van der Waals surface area contributed by atoms with Crippen LogP contribution in [0.3, 0.4) is 0 Å². The second-order valence-corrected chi connectivity index (χ2v) is 7.91. The summed E-state index contributed by atoms with van der Waals surface area (Å²) in [7, 11) is 1.57. The number of rotatable bonds is 7. The molecule has 0 bridgehead atoms. The molecule has 2 aromatic carbocycles. The number of methoxy groups -OCH3 is 1. The van der Waals surface area contributed by atoms with Crippen LogP contribution in [0, 0.1) is 0 Å². The molecule has 0 saturated heterocycles. The van der Waals surface area contributed by atoms with Gasteiger partial charge in [-0.3, -0.25) is 9.36 Å². The molecule has 4 aromatic rings. The molecule has 6 nitrogen and oxygen atoms in total. The largest absolute Gasteiger partial charge is 0.497 e. The summed E-state index contributed by atoms with van der Waals surface area (Å²) in [6.07, 6.45) is 1.88. The van der Waals surface area contributed by atoms with Gasteiger partial charge in [-0.2, -0.15) is 0 Å². The van der Waals surface area contributed by atoms with Gasteiger partial charge in [-0.15, -0.1) is 0 Å². The molecule has 2 heterocycles. The van der Waals surface area contributed by atoms with Crippen molar-refractivity contribution in [3.8, 4) is 5.75 Å². The first-order valence-corrected chi connectivity index (χ1v) is 10.8. The van der Waals surface area contributed by atoms with Crippen LogP contribution in [0.2, 0.25) is 0 Å². The van der Waals surface area contributed by atoms with E-state index in [4.69, 9.17) is 14.1 Å². The lowest BCUT2D eigenvalue weighted by Crippen LogP contribution is -2.23. The number of ether oxygens (including phenoxy) is 1. The third kappa shape index (κ3) is 3.98. The van der Waals surface area contributed by atoms with Gasteiger partial charge >= 0.3 is 5.63 Å². The maximum absolute atomic E-state index is 13.0. The van der Waals surface area contributed by atoms with Crippen LogP contribution >= 0.6 is 11.8 Å². The molecule has 154 valence electrons. The first-order chi connectivity index (χ1) is 14.6. The fraction of sp³-hybridized carbons (Fsp3) is 0.261. The summed E-state index contributed by atoms with van der Waals surface area (Å²) in [5.41, 5.74) is 1.55. The molecule has 0 N–H and O–H groups in total. The molecular formula is C23H22N2O4S. The smallest absolute Gasteiger partial charge is 0.336 e. The van der Waals surface area contributed by atoms with Crippen molar-refractivity contribution in [2.45, 2.75) is 37.2 Å². The molecule has 4 rings (SSSR count). The van der Waals surface area contributed by atoms with Gasteiger partial charge in [0.2, 0.25) is 0 Å². The molecule has 0 saturated carbocycles. The Bertz CT molecular complexity index is 1330. The predicted octanol–water partition coefficient (Wildman–Crippen LogP) is 4.60. The number of benzene rings is 2. The van der Waals surface area contributed by atoms with E-state index < -0.39 is 5.63 Å². The second kappa shape index (κ2) is 8.75. The highest BCUT2D eigenvalue weighted by molar-refractivity contribution is 7.98.